The Balaban J connectivity index is 2.41. The molecule has 0 atom stereocenters. The van der Waals surface area contributed by atoms with Crippen LogP contribution in [0.25, 0.3) is 6.08 Å². The molecule has 2 rings (SSSR count). The van der Waals surface area contributed by atoms with Gasteiger partial charge in [0, 0.05) is 17.6 Å². The number of nitriles is 1. The highest BCUT2D eigenvalue weighted by atomic mass is 35.5. The van der Waals surface area contributed by atoms with Crippen molar-refractivity contribution in [2.24, 2.45) is 0 Å². The zero-order valence-electron chi connectivity index (χ0n) is 12.6. The van der Waals surface area contributed by atoms with Gasteiger partial charge in [0.25, 0.3) is 5.91 Å². The number of aromatic nitrogens is 2. The molecule has 1 aromatic heterocycles. The summed E-state index contributed by atoms with van der Waals surface area (Å²) in [6, 6.07) is 9.26. The fraction of sp³-hybridized carbons (Fsp3) is 0.188. The molecule has 0 spiro atoms. The third-order valence-electron chi connectivity index (χ3n) is 3.27. The molecule has 0 radical (unpaired) electrons. The molecule has 0 fully saturated rings. The number of hydrogen-bond acceptors (Lipinski definition) is 3. The van der Waals surface area contributed by atoms with Gasteiger partial charge < -0.3 is 5.32 Å². The number of halogens is 2. The van der Waals surface area contributed by atoms with Crippen molar-refractivity contribution >= 4 is 35.2 Å². The Morgan fingerprint density at radius 2 is 2.13 bits per heavy atom. The minimum absolute atomic E-state index is 0.0326. The van der Waals surface area contributed by atoms with E-state index in [4.69, 9.17) is 28.5 Å². The maximum absolute atomic E-state index is 11.6. The summed E-state index contributed by atoms with van der Waals surface area (Å²) in [7, 11) is 1.46. The van der Waals surface area contributed by atoms with Gasteiger partial charge in [0.05, 0.1) is 12.2 Å². The molecule has 118 valence electrons. The summed E-state index contributed by atoms with van der Waals surface area (Å²) in [5.74, 6) is -0.471. The van der Waals surface area contributed by atoms with Crippen LogP contribution in [0.5, 0.6) is 0 Å². The second-order valence-electron chi connectivity index (χ2n) is 4.79. The molecule has 0 unspecified atom stereocenters. The normalized spacial score (nSPS) is 11.2. The number of hydrogen-bond donors (Lipinski definition) is 1. The lowest BCUT2D eigenvalue weighted by molar-refractivity contribution is -0.116. The number of carbonyl (C=O) groups is 1. The summed E-state index contributed by atoms with van der Waals surface area (Å²) >= 11 is 12.5. The second-order valence-corrected chi connectivity index (χ2v) is 5.55. The first-order valence-electron chi connectivity index (χ1n) is 6.78. The Morgan fingerprint density at radius 3 is 2.74 bits per heavy atom. The smallest absolute Gasteiger partial charge is 0.261 e. The average Bonchev–Trinajstić information content (AvgIpc) is 2.80. The van der Waals surface area contributed by atoms with Crippen molar-refractivity contribution in [2.45, 2.75) is 13.5 Å². The van der Waals surface area contributed by atoms with Gasteiger partial charge in [-0.05, 0) is 24.6 Å². The highest BCUT2D eigenvalue weighted by molar-refractivity contribution is 6.32. The number of benzene rings is 1. The topological polar surface area (TPSA) is 70.7 Å². The Morgan fingerprint density at radius 1 is 1.43 bits per heavy atom. The molecule has 0 bridgehead atoms. The van der Waals surface area contributed by atoms with E-state index in [0.717, 1.165) is 5.56 Å². The highest BCUT2D eigenvalue weighted by Gasteiger charge is 2.15. The van der Waals surface area contributed by atoms with E-state index in [1.807, 2.05) is 24.3 Å². The number of likely N-dealkylation sites (N-methyl/N-ethyl adjacent to an activating group) is 1. The standard InChI is InChI=1S/C16H14Cl2N4O/c1-10-13(7-12(8-19)16(23)20-2)15(18)22(21-10)9-11-5-3-4-6-14(11)17/h3-7H,9H2,1-2H3,(H,20,23)/b12-7+. The molecular formula is C16H14Cl2N4O. The zero-order chi connectivity index (χ0) is 17.0. The lowest BCUT2D eigenvalue weighted by Gasteiger charge is -2.05. The van der Waals surface area contributed by atoms with Crippen molar-refractivity contribution in [3.05, 3.63) is 56.8 Å². The predicted octanol–water partition coefficient (Wildman–Crippen LogP) is 3.20. The number of rotatable bonds is 4. The molecule has 2 aromatic rings. The monoisotopic (exact) mass is 348 g/mol. The van der Waals surface area contributed by atoms with Crippen LogP contribution in [-0.4, -0.2) is 22.7 Å². The van der Waals surface area contributed by atoms with E-state index >= 15 is 0 Å². The molecule has 0 aliphatic rings. The van der Waals surface area contributed by atoms with Gasteiger partial charge in [-0.25, -0.2) is 4.68 Å². The number of aryl methyl sites for hydroxylation is 1. The molecular weight excluding hydrogens is 335 g/mol. The minimum Gasteiger partial charge on any atom is -0.354 e. The van der Waals surface area contributed by atoms with Crippen molar-refractivity contribution in [3.63, 3.8) is 0 Å². The van der Waals surface area contributed by atoms with Crippen molar-refractivity contribution < 1.29 is 4.79 Å². The summed E-state index contributed by atoms with van der Waals surface area (Å²) in [5.41, 5.74) is 2.01. The number of nitrogens with zero attached hydrogens (tertiary/aromatic N) is 3. The lowest BCUT2D eigenvalue weighted by atomic mass is 10.1. The SMILES string of the molecule is CNC(=O)/C(C#N)=C/c1c(C)nn(Cc2ccccc2Cl)c1Cl. The lowest BCUT2D eigenvalue weighted by Crippen LogP contribution is -2.19. The van der Waals surface area contributed by atoms with Crippen molar-refractivity contribution in [3.8, 4) is 6.07 Å². The Kier molecular flexibility index (Phi) is 5.43. The fourth-order valence-electron chi connectivity index (χ4n) is 2.05. The van der Waals surface area contributed by atoms with Gasteiger partial charge >= 0.3 is 0 Å². The second kappa shape index (κ2) is 7.32. The molecule has 7 heteroatoms. The summed E-state index contributed by atoms with van der Waals surface area (Å²) < 4.78 is 1.59. The van der Waals surface area contributed by atoms with Gasteiger partial charge in [0.2, 0.25) is 0 Å². The van der Waals surface area contributed by atoms with Crippen LogP contribution in [-0.2, 0) is 11.3 Å². The molecule has 1 amide bonds. The molecule has 1 aromatic carbocycles. The molecule has 1 N–H and O–H groups in total. The van der Waals surface area contributed by atoms with Gasteiger partial charge in [0.1, 0.15) is 16.8 Å². The first-order chi connectivity index (χ1) is 11.0. The summed E-state index contributed by atoms with van der Waals surface area (Å²) in [6.45, 7) is 2.16. The molecule has 0 saturated heterocycles. The fourth-order valence-corrected chi connectivity index (χ4v) is 2.54. The van der Waals surface area contributed by atoms with Crippen LogP contribution >= 0.6 is 23.2 Å². The quantitative estimate of drug-likeness (QED) is 0.681. The van der Waals surface area contributed by atoms with Crippen LogP contribution in [0.4, 0.5) is 0 Å². The molecule has 5 nitrogen and oxygen atoms in total. The van der Waals surface area contributed by atoms with E-state index < -0.39 is 5.91 Å². The van der Waals surface area contributed by atoms with Gasteiger partial charge in [-0.15, -0.1) is 0 Å². The number of amides is 1. The molecule has 0 saturated carbocycles. The summed E-state index contributed by atoms with van der Waals surface area (Å²) in [6.07, 6.45) is 1.44. The van der Waals surface area contributed by atoms with Crippen LogP contribution in [0.2, 0.25) is 10.2 Å². The van der Waals surface area contributed by atoms with Gasteiger partial charge in [-0.1, -0.05) is 41.4 Å². The Hall–Kier alpha value is -2.29. The van der Waals surface area contributed by atoms with Crippen LogP contribution in [0, 0.1) is 18.3 Å². The van der Waals surface area contributed by atoms with E-state index in [0.29, 0.717) is 28.0 Å². The number of nitrogens with one attached hydrogen (secondary N) is 1. The number of carbonyl (C=O) groups excluding carboxylic acids is 1. The van der Waals surface area contributed by atoms with Gasteiger partial charge in [-0.2, -0.15) is 10.4 Å². The molecule has 0 aliphatic carbocycles. The van der Waals surface area contributed by atoms with E-state index in [2.05, 4.69) is 10.4 Å². The van der Waals surface area contributed by atoms with E-state index in [9.17, 15) is 4.79 Å². The third-order valence-corrected chi connectivity index (χ3v) is 4.04. The molecule has 23 heavy (non-hydrogen) atoms. The predicted molar refractivity (Wildman–Crippen MR) is 90.2 cm³/mol. The van der Waals surface area contributed by atoms with Crippen molar-refractivity contribution in [1.82, 2.24) is 15.1 Å². The molecule has 1 heterocycles. The van der Waals surface area contributed by atoms with Crippen LogP contribution in [0.3, 0.4) is 0 Å². The maximum Gasteiger partial charge on any atom is 0.261 e. The van der Waals surface area contributed by atoms with Gasteiger partial charge in [-0.3, -0.25) is 4.79 Å². The van der Waals surface area contributed by atoms with Crippen LogP contribution in [0.1, 0.15) is 16.8 Å². The first-order valence-corrected chi connectivity index (χ1v) is 7.53. The first kappa shape index (κ1) is 17.1. The highest BCUT2D eigenvalue weighted by Crippen LogP contribution is 2.25. The third kappa shape index (κ3) is 3.73. The average molecular weight is 349 g/mol. The summed E-state index contributed by atoms with van der Waals surface area (Å²) in [4.78, 5) is 11.6. The van der Waals surface area contributed by atoms with E-state index in [1.54, 1.807) is 17.7 Å². The largest absolute Gasteiger partial charge is 0.354 e. The van der Waals surface area contributed by atoms with Crippen molar-refractivity contribution in [2.75, 3.05) is 7.05 Å². The van der Waals surface area contributed by atoms with Crippen LogP contribution in [0.15, 0.2) is 29.8 Å². The van der Waals surface area contributed by atoms with Crippen LogP contribution < -0.4 is 5.32 Å². The molecule has 0 aliphatic heterocycles. The Labute approximate surface area is 144 Å². The van der Waals surface area contributed by atoms with Crippen molar-refractivity contribution in [1.29, 1.82) is 5.26 Å². The zero-order valence-corrected chi connectivity index (χ0v) is 14.1. The Bertz CT molecular complexity index is 818. The van der Waals surface area contributed by atoms with Gasteiger partial charge in [0.15, 0.2) is 0 Å². The minimum atomic E-state index is -0.471. The summed E-state index contributed by atoms with van der Waals surface area (Å²) in [5, 5.41) is 16.8. The van der Waals surface area contributed by atoms with E-state index in [-0.39, 0.29) is 5.57 Å². The van der Waals surface area contributed by atoms with E-state index in [1.165, 1.54) is 13.1 Å². The maximum atomic E-state index is 11.6.